The third-order valence-corrected chi connectivity index (χ3v) is 2.98. The molecule has 0 saturated carbocycles. The van der Waals surface area contributed by atoms with Crippen LogP contribution in [0, 0.1) is 0 Å². The summed E-state index contributed by atoms with van der Waals surface area (Å²) in [5, 5.41) is 3.49. The monoisotopic (exact) mass is 214 g/mol. The van der Waals surface area contributed by atoms with E-state index in [1.54, 1.807) is 7.11 Å². The van der Waals surface area contributed by atoms with Gasteiger partial charge in [-0.05, 0) is 64.8 Å². The van der Waals surface area contributed by atoms with E-state index in [4.69, 9.17) is 4.74 Å². The lowest BCUT2D eigenvalue weighted by molar-refractivity contribution is 0.192. The molecule has 0 aromatic carbocycles. The van der Waals surface area contributed by atoms with Gasteiger partial charge in [0.05, 0.1) is 0 Å². The Bertz CT molecular complexity index is 136. The molecule has 1 N–H and O–H groups in total. The number of nitrogens with one attached hydrogen (secondary N) is 1. The van der Waals surface area contributed by atoms with Crippen LogP contribution in [0.1, 0.15) is 32.1 Å². The van der Waals surface area contributed by atoms with Crippen molar-refractivity contribution in [3.63, 3.8) is 0 Å². The van der Waals surface area contributed by atoms with Gasteiger partial charge in [-0.15, -0.1) is 0 Å². The molecule has 3 heteroatoms. The van der Waals surface area contributed by atoms with Crippen molar-refractivity contribution in [2.45, 2.75) is 32.1 Å². The molecule has 90 valence electrons. The highest BCUT2D eigenvalue weighted by atomic mass is 16.5. The lowest BCUT2D eigenvalue weighted by Gasteiger charge is -2.14. The van der Waals surface area contributed by atoms with Crippen LogP contribution in [0.25, 0.3) is 0 Å². The second-order valence-corrected chi connectivity index (χ2v) is 4.35. The van der Waals surface area contributed by atoms with E-state index < -0.39 is 0 Å². The van der Waals surface area contributed by atoms with Gasteiger partial charge in [-0.3, -0.25) is 0 Å². The molecule has 0 spiro atoms. The number of methoxy groups -OCH3 is 1. The molecule has 1 heterocycles. The average Bonchev–Trinajstić information content (AvgIpc) is 2.75. The highest BCUT2D eigenvalue weighted by molar-refractivity contribution is 4.66. The third kappa shape index (κ3) is 6.88. The Labute approximate surface area is 94.2 Å². The van der Waals surface area contributed by atoms with Crippen molar-refractivity contribution in [1.82, 2.24) is 10.2 Å². The molecule has 0 bridgehead atoms. The maximum absolute atomic E-state index is 5.00. The molecule has 1 fully saturated rings. The van der Waals surface area contributed by atoms with Crippen molar-refractivity contribution < 1.29 is 4.74 Å². The number of hydrogen-bond donors (Lipinski definition) is 1. The first-order valence-corrected chi connectivity index (χ1v) is 6.35. The Kier molecular flexibility index (Phi) is 7.88. The first-order valence-electron chi connectivity index (χ1n) is 6.35. The minimum atomic E-state index is 0.898. The van der Waals surface area contributed by atoms with Gasteiger partial charge < -0.3 is 15.0 Å². The second kappa shape index (κ2) is 9.13. The second-order valence-electron chi connectivity index (χ2n) is 4.35. The summed E-state index contributed by atoms with van der Waals surface area (Å²) in [7, 11) is 1.77. The molecule has 0 radical (unpaired) electrons. The number of unbranched alkanes of at least 4 members (excludes halogenated alkanes) is 1. The van der Waals surface area contributed by atoms with E-state index in [0.717, 1.165) is 13.2 Å². The molecular weight excluding hydrogens is 188 g/mol. The summed E-state index contributed by atoms with van der Waals surface area (Å²) in [6.45, 7) is 7.15. The molecule has 0 atom stereocenters. The molecular formula is C12H26N2O. The van der Waals surface area contributed by atoms with Gasteiger partial charge in [-0.25, -0.2) is 0 Å². The number of rotatable bonds is 9. The largest absolute Gasteiger partial charge is 0.385 e. The maximum Gasteiger partial charge on any atom is 0.0462 e. The van der Waals surface area contributed by atoms with Crippen molar-refractivity contribution in [1.29, 1.82) is 0 Å². The molecule has 3 nitrogen and oxygen atoms in total. The highest BCUT2D eigenvalue weighted by Crippen LogP contribution is 2.06. The number of likely N-dealkylation sites (tertiary alicyclic amines) is 1. The zero-order valence-electron chi connectivity index (χ0n) is 10.1. The smallest absolute Gasteiger partial charge is 0.0462 e. The van der Waals surface area contributed by atoms with Gasteiger partial charge in [-0.2, -0.15) is 0 Å². The van der Waals surface area contributed by atoms with E-state index in [1.165, 1.54) is 58.3 Å². The Morgan fingerprint density at radius 1 is 1.07 bits per heavy atom. The van der Waals surface area contributed by atoms with Crippen molar-refractivity contribution in [2.24, 2.45) is 0 Å². The Balaban J connectivity index is 1.73. The Morgan fingerprint density at radius 2 is 1.80 bits per heavy atom. The molecule has 0 aromatic rings. The average molecular weight is 214 g/mol. The van der Waals surface area contributed by atoms with Gasteiger partial charge in [-0.1, -0.05) is 0 Å². The fourth-order valence-electron chi connectivity index (χ4n) is 2.06. The van der Waals surface area contributed by atoms with E-state index in [1.807, 2.05) is 0 Å². The minimum absolute atomic E-state index is 0.898. The summed E-state index contributed by atoms with van der Waals surface area (Å²) in [6, 6.07) is 0. The molecule has 0 aliphatic carbocycles. The van der Waals surface area contributed by atoms with Gasteiger partial charge in [0, 0.05) is 13.7 Å². The fourth-order valence-corrected chi connectivity index (χ4v) is 2.06. The van der Waals surface area contributed by atoms with Gasteiger partial charge in [0.25, 0.3) is 0 Å². The summed E-state index contributed by atoms with van der Waals surface area (Å²) in [5.74, 6) is 0. The van der Waals surface area contributed by atoms with Crippen LogP contribution in [0.4, 0.5) is 0 Å². The van der Waals surface area contributed by atoms with Crippen molar-refractivity contribution in [2.75, 3.05) is 46.4 Å². The van der Waals surface area contributed by atoms with Crippen molar-refractivity contribution in [3.05, 3.63) is 0 Å². The standard InChI is InChI=1S/C12H26N2O/c1-15-12-5-2-7-13-8-6-11-14-9-3-4-10-14/h13H,2-12H2,1H3. The topological polar surface area (TPSA) is 24.5 Å². The van der Waals surface area contributed by atoms with Gasteiger partial charge in [0.1, 0.15) is 0 Å². The normalized spacial score (nSPS) is 17.4. The zero-order valence-corrected chi connectivity index (χ0v) is 10.1. The molecule has 1 aliphatic heterocycles. The minimum Gasteiger partial charge on any atom is -0.385 e. The summed E-state index contributed by atoms with van der Waals surface area (Å²) in [6.07, 6.45) is 6.52. The molecule has 1 rings (SSSR count). The first kappa shape index (κ1) is 12.9. The molecule has 0 unspecified atom stereocenters. The van der Waals surface area contributed by atoms with Crippen LogP contribution in [0.15, 0.2) is 0 Å². The van der Waals surface area contributed by atoms with E-state index in [-0.39, 0.29) is 0 Å². The van der Waals surface area contributed by atoms with Crippen LogP contribution in [-0.2, 0) is 4.74 Å². The van der Waals surface area contributed by atoms with Crippen molar-refractivity contribution >= 4 is 0 Å². The summed E-state index contributed by atoms with van der Waals surface area (Å²) < 4.78 is 5.00. The van der Waals surface area contributed by atoms with Crippen LogP contribution >= 0.6 is 0 Å². The third-order valence-electron chi connectivity index (χ3n) is 2.98. The van der Waals surface area contributed by atoms with E-state index >= 15 is 0 Å². The van der Waals surface area contributed by atoms with Crippen LogP contribution < -0.4 is 5.32 Å². The summed E-state index contributed by atoms with van der Waals surface area (Å²) in [4.78, 5) is 2.58. The fraction of sp³-hybridized carbons (Fsp3) is 1.00. The first-order chi connectivity index (χ1) is 7.43. The van der Waals surface area contributed by atoms with Crippen LogP contribution in [0.2, 0.25) is 0 Å². The number of ether oxygens (including phenoxy) is 1. The van der Waals surface area contributed by atoms with E-state index in [2.05, 4.69) is 10.2 Å². The number of nitrogens with zero attached hydrogens (tertiary/aromatic N) is 1. The molecule has 0 amide bonds. The lowest BCUT2D eigenvalue weighted by atomic mass is 10.3. The zero-order chi connectivity index (χ0) is 10.8. The summed E-state index contributed by atoms with van der Waals surface area (Å²) in [5.41, 5.74) is 0. The molecule has 1 saturated heterocycles. The van der Waals surface area contributed by atoms with Gasteiger partial charge in [0.2, 0.25) is 0 Å². The maximum atomic E-state index is 5.00. The predicted molar refractivity (Wildman–Crippen MR) is 64.3 cm³/mol. The van der Waals surface area contributed by atoms with Crippen molar-refractivity contribution in [3.8, 4) is 0 Å². The van der Waals surface area contributed by atoms with Crippen LogP contribution in [-0.4, -0.2) is 51.3 Å². The SMILES string of the molecule is COCCCCNCCCN1CCCC1. The quantitative estimate of drug-likeness (QED) is 0.589. The van der Waals surface area contributed by atoms with Gasteiger partial charge in [0.15, 0.2) is 0 Å². The molecule has 15 heavy (non-hydrogen) atoms. The summed E-state index contributed by atoms with van der Waals surface area (Å²) >= 11 is 0. The van der Waals surface area contributed by atoms with Gasteiger partial charge >= 0.3 is 0 Å². The predicted octanol–water partition coefficient (Wildman–Crippen LogP) is 1.49. The Hall–Kier alpha value is -0.120. The lowest BCUT2D eigenvalue weighted by Crippen LogP contribution is -2.25. The Morgan fingerprint density at radius 3 is 2.53 bits per heavy atom. The van der Waals surface area contributed by atoms with E-state index in [9.17, 15) is 0 Å². The molecule has 0 aromatic heterocycles. The molecule has 1 aliphatic rings. The number of hydrogen-bond acceptors (Lipinski definition) is 3. The highest BCUT2D eigenvalue weighted by Gasteiger charge is 2.09. The van der Waals surface area contributed by atoms with Crippen LogP contribution in [0.3, 0.4) is 0 Å². The van der Waals surface area contributed by atoms with E-state index in [0.29, 0.717) is 0 Å². The van der Waals surface area contributed by atoms with Crippen LogP contribution in [0.5, 0.6) is 0 Å².